The Bertz CT molecular complexity index is 283. The quantitative estimate of drug-likeness (QED) is 0.512. The molecular formula is C10H16N2O3. The van der Waals surface area contributed by atoms with Crippen LogP contribution in [0.5, 0.6) is 0 Å². The number of hydrogen-bond acceptors (Lipinski definition) is 5. The summed E-state index contributed by atoms with van der Waals surface area (Å²) in [4.78, 5) is 22.8. The zero-order valence-corrected chi connectivity index (χ0v) is 9.08. The first kappa shape index (κ1) is 13.6. The highest BCUT2D eigenvalue weighted by Gasteiger charge is 2.43. The zero-order valence-electron chi connectivity index (χ0n) is 9.08. The van der Waals surface area contributed by atoms with Gasteiger partial charge in [-0.1, -0.05) is 13.3 Å². The van der Waals surface area contributed by atoms with Crippen LogP contribution in [0.4, 0.5) is 0 Å². The van der Waals surface area contributed by atoms with Crippen molar-refractivity contribution in [3.63, 3.8) is 0 Å². The van der Waals surface area contributed by atoms with Gasteiger partial charge in [-0.15, -0.1) is 0 Å². The predicted octanol–water partition coefficient (Wildman–Crippen LogP) is 0.530. The van der Waals surface area contributed by atoms with Gasteiger partial charge in [-0.3, -0.25) is 10.5 Å². The van der Waals surface area contributed by atoms with E-state index in [-0.39, 0.29) is 13.0 Å². The van der Waals surface area contributed by atoms with Crippen LogP contribution in [0.3, 0.4) is 0 Å². The van der Waals surface area contributed by atoms with Gasteiger partial charge in [0.15, 0.2) is 5.78 Å². The fourth-order valence-electron chi connectivity index (χ4n) is 1.00. The maximum absolute atomic E-state index is 11.5. The molecule has 0 heterocycles. The summed E-state index contributed by atoms with van der Waals surface area (Å²) in [7, 11) is 0. The zero-order chi connectivity index (χ0) is 11.9. The van der Waals surface area contributed by atoms with E-state index in [1.165, 1.54) is 6.07 Å². The van der Waals surface area contributed by atoms with Gasteiger partial charge in [-0.05, 0) is 13.3 Å². The monoisotopic (exact) mass is 212 g/mol. The topological polar surface area (TPSA) is 93.2 Å². The fraction of sp³-hybridized carbons (Fsp3) is 0.700. The van der Waals surface area contributed by atoms with Gasteiger partial charge in [-0.25, -0.2) is 4.79 Å². The number of ketones is 1. The molecule has 0 bridgehead atoms. The predicted molar refractivity (Wildman–Crippen MR) is 53.7 cm³/mol. The van der Waals surface area contributed by atoms with E-state index in [2.05, 4.69) is 4.74 Å². The van der Waals surface area contributed by atoms with Gasteiger partial charge >= 0.3 is 5.97 Å². The lowest BCUT2D eigenvalue weighted by atomic mass is 9.93. The Balaban J connectivity index is 4.63. The van der Waals surface area contributed by atoms with Crippen LogP contribution in [-0.4, -0.2) is 23.9 Å². The molecule has 0 amide bonds. The molecule has 0 spiro atoms. The molecule has 1 unspecified atom stereocenters. The minimum absolute atomic E-state index is 0.0977. The number of carbonyl (C=O) groups is 2. The number of carbonyl (C=O) groups excluding carboxylic acids is 2. The number of esters is 1. The van der Waals surface area contributed by atoms with E-state index in [1.807, 2.05) is 6.92 Å². The number of unbranched alkanes of at least 4 members (excludes halogenated alkanes) is 1. The molecular weight excluding hydrogens is 196 g/mol. The Morgan fingerprint density at radius 2 is 2.07 bits per heavy atom. The van der Waals surface area contributed by atoms with Crippen molar-refractivity contribution in [2.45, 2.75) is 38.6 Å². The fourth-order valence-corrected chi connectivity index (χ4v) is 1.00. The molecule has 5 nitrogen and oxygen atoms in total. The molecule has 1 atom stereocenters. The number of rotatable bonds is 6. The van der Waals surface area contributed by atoms with Crippen molar-refractivity contribution < 1.29 is 14.3 Å². The van der Waals surface area contributed by atoms with Crippen LogP contribution in [0.1, 0.15) is 33.1 Å². The van der Waals surface area contributed by atoms with Crippen LogP contribution in [-0.2, 0) is 14.3 Å². The third-order valence-corrected chi connectivity index (χ3v) is 1.97. The van der Waals surface area contributed by atoms with Gasteiger partial charge in [0, 0.05) is 6.42 Å². The molecule has 0 aromatic heterocycles. The number of Topliss-reactive ketones (excluding diaryl/α,β-unsaturated/α-hetero) is 1. The standard InChI is InChI=1S/C10H16N2O3/c1-3-5-6-8(13)10(12,7-11)9(14)15-4-2/h3-6,12H2,1-2H3. The lowest BCUT2D eigenvalue weighted by Gasteiger charge is -2.17. The molecule has 0 radical (unpaired) electrons. The summed E-state index contributed by atoms with van der Waals surface area (Å²) >= 11 is 0. The van der Waals surface area contributed by atoms with E-state index in [0.29, 0.717) is 6.42 Å². The molecule has 84 valence electrons. The minimum Gasteiger partial charge on any atom is -0.463 e. The van der Waals surface area contributed by atoms with Crippen molar-refractivity contribution in [3.8, 4) is 6.07 Å². The summed E-state index contributed by atoms with van der Waals surface area (Å²) in [5.41, 5.74) is 3.29. The number of nitrogens with zero attached hydrogens (tertiary/aromatic N) is 1. The molecule has 0 rings (SSSR count). The van der Waals surface area contributed by atoms with Crippen molar-refractivity contribution in [1.82, 2.24) is 0 Å². The maximum atomic E-state index is 11.5. The molecule has 0 aliphatic rings. The van der Waals surface area contributed by atoms with Gasteiger partial charge in [-0.2, -0.15) is 5.26 Å². The summed E-state index contributed by atoms with van der Waals surface area (Å²) in [6.45, 7) is 3.59. The lowest BCUT2D eigenvalue weighted by molar-refractivity contribution is -0.150. The highest BCUT2D eigenvalue weighted by atomic mass is 16.5. The van der Waals surface area contributed by atoms with E-state index < -0.39 is 17.3 Å². The van der Waals surface area contributed by atoms with Crippen molar-refractivity contribution in [2.75, 3.05) is 6.61 Å². The van der Waals surface area contributed by atoms with Crippen molar-refractivity contribution >= 4 is 11.8 Å². The van der Waals surface area contributed by atoms with Crippen molar-refractivity contribution in [3.05, 3.63) is 0 Å². The SMILES string of the molecule is CCCCC(=O)C(N)(C#N)C(=O)OCC. The third-order valence-electron chi connectivity index (χ3n) is 1.97. The second-order valence-electron chi connectivity index (χ2n) is 3.17. The summed E-state index contributed by atoms with van der Waals surface area (Å²) in [6, 6.07) is 1.53. The summed E-state index contributed by atoms with van der Waals surface area (Å²) in [5, 5.41) is 8.76. The van der Waals surface area contributed by atoms with Gasteiger partial charge in [0.2, 0.25) is 0 Å². The Morgan fingerprint density at radius 3 is 2.47 bits per heavy atom. The molecule has 0 fully saturated rings. The molecule has 0 aliphatic carbocycles. The molecule has 0 aliphatic heterocycles. The first-order chi connectivity index (χ1) is 7.02. The molecule has 15 heavy (non-hydrogen) atoms. The first-order valence-corrected chi connectivity index (χ1v) is 4.93. The average Bonchev–Trinajstić information content (AvgIpc) is 2.24. The van der Waals surface area contributed by atoms with Crippen LogP contribution in [0, 0.1) is 11.3 Å². The van der Waals surface area contributed by atoms with E-state index in [1.54, 1.807) is 6.92 Å². The van der Waals surface area contributed by atoms with Gasteiger partial charge in [0.1, 0.15) is 6.07 Å². The maximum Gasteiger partial charge on any atom is 0.348 e. The number of ether oxygens (including phenoxy) is 1. The van der Waals surface area contributed by atoms with Gasteiger partial charge in [0.05, 0.1) is 6.61 Å². The van der Waals surface area contributed by atoms with Crippen LogP contribution in [0.15, 0.2) is 0 Å². The Kier molecular flexibility index (Phi) is 5.57. The Labute approximate surface area is 89.2 Å². The second kappa shape index (κ2) is 6.14. The summed E-state index contributed by atoms with van der Waals surface area (Å²) in [5.74, 6) is -1.54. The summed E-state index contributed by atoms with van der Waals surface area (Å²) in [6.07, 6.45) is 1.54. The van der Waals surface area contributed by atoms with E-state index in [9.17, 15) is 9.59 Å². The highest BCUT2D eigenvalue weighted by Crippen LogP contribution is 2.10. The van der Waals surface area contributed by atoms with Gasteiger partial charge < -0.3 is 4.74 Å². The molecule has 0 saturated carbocycles. The first-order valence-electron chi connectivity index (χ1n) is 4.93. The third kappa shape index (κ3) is 3.33. The van der Waals surface area contributed by atoms with Gasteiger partial charge in [0.25, 0.3) is 5.54 Å². The molecule has 0 saturated heterocycles. The van der Waals surface area contributed by atoms with E-state index >= 15 is 0 Å². The van der Waals surface area contributed by atoms with E-state index in [0.717, 1.165) is 6.42 Å². The number of hydrogen-bond donors (Lipinski definition) is 1. The van der Waals surface area contributed by atoms with Crippen LogP contribution < -0.4 is 5.73 Å². The summed E-state index contributed by atoms with van der Waals surface area (Å²) < 4.78 is 4.59. The molecule has 0 aromatic rings. The van der Waals surface area contributed by atoms with Crippen molar-refractivity contribution in [2.24, 2.45) is 5.73 Å². The van der Waals surface area contributed by atoms with Crippen molar-refractivity contribution in [1.29, 1.82) is 5.26 Å². The number of nitrogens with two attached hydrogens (primary N) is 1. The molecule has 0 aromatic carbocycles. The lowest BCUT2D eigenvalue weighted by Crippen LogP contribution is -2.54. The Morgan fingerprint density at radius 1 is 1.47 bits per heavy atom. The largest absolute Gasteiger partial charge is 0.463 e. The minimum atomic E-state index is -2.13. The average molecular weight is 212 g/mol. The molecule has 5 heteroatoms. The molecule has 2 N–H and O–H groups in total. The van der Waals surface area contributed by atoms with Crippen LogP contribution >= 0.6 is 0 Å². The number of nitriles is 1. The Hall–Kier alpha value is -1.41. The smallest absolute Gasteiger partial charge is 0.348 e. The van der Waals surface area contributed by atoms with Crippen LogP contribution in [0.25, 0.3) is 0 Å². The normalized spacial score (nSPS) is 13.7. The highest BCUT2D eigenvalue weighted by molar-refractivity contribution is 6.11. The van der Waals surface area contributed by atoms with E-state index in [4.69, 9.17) is 11.0 Å². The second-order valence-corrected chi connectivity index (χ2v) is 3.17. The van der Waals surface area contributed by atoms with Crippen LogP contribution in [0.2, 0.25) is 0 Å².